The molecule has 0 bridgehead atoms. The van der Waals surface area contributed by atoms with Crippen LogP contribution in [0.15, 0.2) is 22.7 Å². The second-order valence-electron chi connectivity index (χ2n) is 5.43. The lowest BCUT2D eigenvalue weighted by atomic mass is 10.1. The van der Waals surface area contributed by atoms with Crippen molar-refractivity contribution in [1.29, 1.82) is 0 Å². The van der Waals surface area contributed by atoms with E-state index in [9.17, 15) is 4.79 Å². The van der Waals surface area contributed by atoms with E-state index in [0.717, 1.165) is 36.2 Å². The summed E-state index contributed by atoms with van der Waals surface area (Å²) in [4.78, 5) is 13.9. The van der Waals surface area contributed by atoms with Crippen LogP contribution in [0.4, 0.5) is 5.69 Å². The number of halogens is 1. The lowest BCUT2D eigenvalue weighted by Gasteiger charge is -2.25. The third-order valence-corrected chi connectivity index (χ3v) is 3.84. The van der Waals surface area contributed by atoms with E-state index in [1.165, 1.54) is 5.56 Å². The van der Waals surface area contributed by atoms with Crippen LogP contribution in [0.1, 0.15) is 25.8 Å². The van der Waals surface area contributed by atoms with E-state index < -0.39 is 0 Å². The van der Waals surface area contributed by atoms with E-state index in [2.05, 4.69) is 63.5 Å². The van der Waals surface area contributed by atoms with Crippen LogP contribution in [0.3, 0.4) is 0 Å². The van der Waals surface area contributed by atoms with Gasteiger partial charge in [0.05, 0.1) is 6.54 Å². The maximum Gasteiger partial charge on any atom is 0.239 e. The van der Waals surface area contributed by atoms with Crippen LogP contribution < -0.4 is 15.5 Å². The molecule has 110 valence electrons. The lowest BCUT2D eigenvalue weighted by Crippen LogP contribution is -2.34. The van der Waals surface area contributed by atoms with Gasteiger partial charge in [0.15, 0.2) is 0 Å². The smallest absolute Gasteiger partial charge is 0.239 e. The summed E-state index contributed by atoms with van der Waals surface area (Å²) in [5, 5.41) is 6.37. The molecule has 0 unspecified atom stereocenters. The zero-order chi connectivity index (χ0) is 14.5. The molecule has 0 aromatic heterocycles. The maximum atomic E-state index is 11.7. The van der Waals surface area contributed by atoms with Crippen molar-refractivity contribution < 1.29 is 4.79 Å². The lowest BCUT2D eigenvalue weighted by molar-refractivity contribution is -0.119. The summed E-state index contributed by atoms with van der Waals surface area (Å²) in [6, 6.07) is 6.73. The van der Waals surface area contributed by atoms with Gasteiger partial charge in [0, 0.05) is 35.8 Å². The Balaban J connectivity index is 2.22. The zero-order valence-electron chi connectivity index (χ0n) is 12.1. The number of nitrogens with zero attached hydrogens (tertiary/aromatic N) is 1. The summed E-state index contributed by atoms with van der Waals surface area (Å²) >= 11 is 3.53. The first-order valence-electron chi connectivity index (χ1n) is 7.09. The Kier molecular flexibility index (Phi) is 5.43. The minimum Gasteiger partial charge on any atom is -0.362 e. The Hall–Kier alpha value is -1.07. The molecule has 1 aromatic rings. The molecule has 2 N–H and O–H groups in total. The van der Waals surface area contributed by atoms with Crippen LogP contribution in [0.25, 0.3) is 0 Å². The summed E-state index contributed by atoms with van der Waals surface area (Å²) in [6.45, 7) is 7.20. The molecule has 1 amide bonds. The van der Waals surface area contributed by atoms with E-state index in [1.54, 1.807) is 0 Å². The van der Waals surface area contributed by atoms with Gasteiger partial charge < -0.3 is 15.5 Å². The summed E-state index contributed by atoms with van der Waals surface area (Å²) in [6.07, 6.45) is 0.981. The fourth-order valence-corrected chi connectivity index (χ4v) is 2.66. The van der Waals surface area contributed by atoms with Crippen molar-refractivity contribution >= 4 is 27.5 Å². The van der Waals surface area contributed by atoms with Crippen molar-refractivity contribution in [3.63, 3.8) is 0 Å². The van der Waals surface area contributed by atoms with E-state index in [-0.39, 0.29) is 5.91 Å². The average molecular weight is 340 g/mol. The molecule has 1 heterocycles. The number of rotatable bonds is 4. The number of benzene rings is 1. The largest absolute Gasteiger partial charge is 0.362 e. The molecule has 2 rings (SSSR count). The predicted octanol–water partition coefficient (Wildman–Crippen LogP) is 2.27. The highest BCUT2D eigenvalue weighted by Crippen LogP contribution is 2.26. The van der Waals surface area contributed by atoms with E-state index in [1.807, 2.05) is 0 Å². The Morgan fingerprint density at radius 2 is 2.25 bits per heavy atom. The van der Waals surface area contributed by atoms with E-state index in [0.29, 0.717) is 12.6 Å². The third kappa shape index (κ3) is 4.21. The van der Waals surface area contributed by atoms with Gasteiger partial charge in [-0.1, -0.05) is 35.8 Å². The number of amides is 1. The van der Waals surface area contributed by atoms with Crippen LogP contribution in [0.5, 0.6) is 0 Å². The Labute approximate surface area is 129 Å². The molecule has 1 aliphatic rings. The van der Waals surface area contributed by atoms with Gasteiger partial charge in [-0.25, -0.2) is 0 Å². The third-order valence-electron chi connectivity index (χ3n) is 3.35. The second-order valence-corrected chi connectivity index (χ2v) is 6.35. The highest BCUT2D eigenvalue weighted by atomic mass is 79.9. The highest BCUT2D eigenvalue weighted by Gasteiger charge is 2.18. The van der Waals surface area contributed by atoms with Crippen molar-refractivity contribution in [3.05, 3.63) is 28.2 Å². The van der Waals surface area contributed by atoms with Crippen molar-refractivity contribution in [2.75, 3.05) is 24.5 Å². The highest BCUT2D eigenvalue weighted by molar-refractivity contribution is 9.10. The monoisotopic (exact) mass is 339 g/mol. The topological polar surface area (TPSA) is 44.4 Å². The minimum atomic E-state index is 0.102. The van der Waals surface area contributed by atoms with Gasteiger partial charge in [-0.15, -0.1) is 0 Å². The molecule has 1 aliphatic heterocycles. The quantitative estimate of drug-likeness (QED) is 0.884. The van der Waals surface area contributed by atoms with Crippen molar-refractivity contribution in [2.24, 2.45) is 0 Å². The molecule has 0 atom stereocenters. The summed E-state index contributed by atoms with van der Waals surface area (Å²) < 4.78 is 1.05. The summed E-state index contributed by atoms with van der Waals surface area (Å²) in [7, 11) is 0. The van der Waals surface area contributed by atoms with Crippen LogP contribution in [-0.2, 0) is 11.3 Å². The molecule has 0 saturated carbocycles. The number of anilines is 1. The molecule has 0 spiro atoms. The number of hydrogen-bond acceptors (Lipinski definition) is 3. The van der Waals surface area contributed by atoms with Crippen molar-refractivity contribution in [3.8, 4) is 0 Å². The van der Waals surface area contributed by atoms with Gasteiger partial charge in [-0.05, 0) is 24.1 Å². The van der Waals surface area contributed by atoms with Crippen molar-refractivity contribution in [2.45, 2.75) is 32.9 Å². The standard InChI is InChI=1S/C15H22BrN3O/c1-11(2)18-9-12-4-5-13(16)8-14(12)19-7-3-6-17-15(20)10-19/h4-5,8,11,18H,3,6-7,9-10H2,1-2H3,(H,17,20). The van der Waals surface area contributed by atoms with Gasteiger partial charge >= 0.3 is 0 Å². The molecule has 0 aliphatic carbocycles. The van der Waals surface area contributed by atoms with Gasteiger partial charge in [-0.3, -0.25) is 4.79 Å². The molecular weight excluding hydrogens is 318 g/mol. The molecule has 0 radical (unpaired) electrons. The van der Waals surface area contributed by atoms with Crippen LogP contribution in [0, 0.1) is 0 Å². The fraction of sp³-hybridized carbons (Fsp3) is 0.533. The number of nitrogens with one attached hydrogen (secondary N) is 2. The zero-order valence-corrected chi connectivity index (χ0v) is 13.7. The minimum absolute atomic E-state index is 0.102. The molecule has 1 aromatic carbocycles. The molecule has 1 fully saturated rings. The average Bonchev–Trinajstić information content (AvgIpc) is 2.61. The maximum absolute atomic E-state index is 11.7. The van der Waals surface area contributed by atoms with Gasteiger partial charge in [0.25, 0.3) is 0 Å². The first-order valence-corrected chi connectivity index (χ1v) is 7.89. The van der Waals surface area contributed by atoms with Crippen LogP contribution in [-0.4, -0.2) is 31.6 Å². The molecular formula is C15H22BrN3O. The molecule has 20 heavy (non-hydrogen) atoms. The normalized spacial score (nSPS) is 16.2. The number of carbonyl (C=O) groups is 1. The molecule has 1 saturated heterocycles. The Morgan fingerprint density at radius 1 is 1.45 bits per heavy atom. The molecule has 5 heteroatoms. The SMILES string of the molecule is CC(C)NCc1ccc(Br)cc1N1CCCNC(=O)C1. The van der Waals surface area contributed by atoms with Crippen molar-refractivity contribution in [1.82, 2.24) is 10.6 Å². The summed E-state index contributed by atoms with van der Waals surface area (Å²) in [5.41, 5.74) is 2.38. The van der Waals surface area contributed by atoms with E-state index in [4.69, 9.17) is 0 Å². The Bertz CT molecular complexity index is 476. The molecule has 4 nitrogen and oxygen atoms in total. The predicted molar refractivity (Wildman–Crippen MR) is 86.0 cm³/mol. The number of hydrogen-bond donors (Lipinski definition) is 2. The first-order chi connectivity index (χ1) is 9.56. The Morgan fingerprint density at radius 3 is 3.00 bits per heavy atom. The van der Waals surface area contributed by atoms with Crippen LogP contribution >= 0.6 is 15.9 Å². The van der Waals surface area contributed by atoms with E-state index >= 15 is 0 Å². The fourth-order valence-electron chi connectivity index (χ4n) is 2.31. The summed E-state index contributed by atoms with van der Waals surface area (Å²) in [5.74, 6) is 0.102. The van der Waals surface area contributed by atoms with Gasteiger partial charge in [-0.2, -0.15) is 0 Å². The first kappa shape index (κ1) is 15.3. The van der Waals surface area contributed by atoms with Gasteiger partial charge in [0.1, 0.15) is 0 Å². The number of carbonyl (C=O) groups excluding carboxylic acids is 1. The second kappa shape index (κ2) is 7.09. The van der Waals surface area contributed by atoms with Gasteiger partial charge in [0.2, 0.25) is 5.91 Å². The van der Waals surface area contributed by atoms with Crippen LogP contribution in [0.2, 0.25) is 0 Å².